The molecule has 0 amide bonds. The van der Waals surface area contributed by atoms with Gasteiger partial charge in [0.25, 0.3) is 0 Å². The zero-order valence-electron chi connectivity index (χ0n) is 9.54. The molecule has 1 rings (SSSR count). The van der Waals surface area contributed by atoms with Crippen LogP contribution in [-0.4, -0.2) is 19.6 Å². The van der Waals surface area contributed by atoms with Crippen LogP contribution in [0.5, 0.6) is 0 Å². The molecule has 0 aliphatic carbocycles. The highest BCUT2D eigenvalue weighted by Crippen LogP contribution is 2.02. The summed E-state index contributed by atoms with van der Waals surface area (Å²) in [6.07, 6.45) is 0. The summed E-state index contributed by atoms with van der Waals surface area (Å²) >= 11 is 0. The van der Waals surface area contributed by atoms with Gasteiger partial charge in [-0.1, -0.05) is 18.1 Å². The van der Waals surface area contributed by atoms with E-state index in [-0.39, 0.29) is 12.5 Å². The SMILES string of the molecule is CC#Cc1ccc(CNCC(=O)OC)cc1. The Morgan fingerprint density at radius 1 is 1.38 bits per heavy atom. The molecule has 0 bridgehead atoms. The average molecular weight is 217 g/mol. The summed E-state index contributed by atoms with van der Waals surface area (Å²) < 4.78 is 4.52. The molecule has 1 aromatic carbocycles. The number of hydrogen-bond donors (Lipinski definition) is 1. The molecule has 0 spiro atoms. The van der Waals surface area contributed by atoms with Gasteiger partial charge in [-0.25, -0.2) is 0 Å². The van der Waals surface area contributed by atoms with Gasteiger partial charge in [-0.05, 0) is 24.6 Å². The van der Waals surface area contributed by atoms with Crippen molar-refractivity contribution in [2.75, 3.05) is 13.7 Å². The minimum Gasteiger partial charge on any atom is -0.468 e. The van der Waals surface area contributed by atoms with Gasteiger partial charge < -0.3 is 10.1 Å². The Kier molecular flexibility index (Phi) is 5.10. The highest BCUT2D eigenvalue weighted by molar-refractivity contribution is 5.71. The van der Waals surface area contributed by atoms with E-state index in [0.717, 1.165) is 11.1 Å². The Labute approximate surface area is 95.8 Å². The van der Waals surface area contributed by atoms with Crippen molar-refractivity contribution in [3.8, 4) is 11.8 Å². The smallest absolute Gasteiger partial charge is 0.319 e. The monoisotopic (exact) mass is 217 g/mol. The molecule has 0 saturated heterocycles. The van der Waals surface area contributed by atoms with Crippen LogP contribution in [0, 0.1) is 11.8 Å². The lowest BCUT2D eigenvalue weighted by atomic mass is 10.1. The number of rotatable bonds is 4. The van der Waals surface area contributed by atoms with Crippen molar-refractivity contribution in [1.82, 2.24) is 5.32 Å². The van der Waals surface area contributed by atoms with Crippen LogP contribution in [0.25, 0.3) is 0 Å². The summed E-state index contributed by atoms with van der Waals surface area (Å²) in [5, 5.41) is 2.99. The van der Waals surface area contributed by atoms with E-state index in [2.05, 4.69) is 21.9 Å². The van der Waals surface area contributed by atoms with Gasteiger partial charge in [0.1, 0.15) is 0 Å². The second kappa shape index (κ2) is 6.65. The highest BCUT2D eigenvalue weighted by Gasteiger charge is 1.98. The molecule has 0 unspecified atom stereocenters. The minimum atomic E-state index is -0.256. The van der Waals surface area contributed by atoms with Gasteiger partial charge in [0, 0.05) is 12.1 Å². The van der Waals surface area contributed by atoms with Crippen molar-refractivity contribution in [3.05, 3.63) is 35.4 Å². The van der Waals surface area contributed by atoms with Gasteiger partial charge in [-0.3, -0.25) is 4.79 Å². The second-order valence-corrected chi connectivity index (χ2v) is 3.25. The molecule has 0 atom stereocenters. The van der Waals surface area contributed by atoms with Crippen LogP contribution in [0.3, 0.4) is 0 Å². The Bertz CT molecular complexity index is 398. The first-order chi connectivity index (χ1) is 7.76. The summed E-state index contributed by atoms with van der Waals surface area (Å²) in [5.74, 6) is 5.56. The number of methoxy groups -OCH3 is 1. The fourth-order valence-electron chi connectivity index (χ4n) is 1.23. The summed E-state index contributed by atoms with van der Waals surface area (Å²) in [5.41, 5.74) is 2.12. The van der Waals surface area contributed by atoms with Gasteiger partial charge in [0.2, 0.25) is 0 Å². The maximum Gasteiger partial charge on any atom is 0.319 e. The second-order valence-electron chi connectivity index (χ2n) is 3.25. The van der Waals surface area contributed by atoms with Gasteiger partial charge in [0.05, 0.1) is 13.7 Å². The van der Waals surface area contributed by atoms with Crippen molar-refractivity contribution < 1.29 is 9.53 Å². The molecule has 0 aliphatic rings. The maximum absolute atomic E-state index is 10.8. The Balaban J connectivity index is 2.42. The van der Waals surface area contributed by atoms with Crippen LogP contribution in [0.4, 0.5) is 0 Å². The summed E-state index contributed by atoms with van der Waals surface area (Å²) in [6, 6.07) is 7.91. The third-order valence-corrected chi connectivity index (χ3v) is 2.05. The predicted molar refractivity (Wildman–Crippen MR) is 62.7 cm³/mol. The molecule has 16 heavy (non-hydrogen) atoms. The predicted octanol–water partition coefficient (Wildman–Crippen LogP) is 1.32. The van der Waals surface area contributed by atoms with Crippen LogP contribution in [0.1, 0.15) is 18.1 Å². The van der Waals surface area contributed by atoms with Crippen LogP contribution in [0.15, 0.2) is 24.3 Å². The normalized spacial score (nSPS) is 9.12. The molecule has 0 aromatic heterocycles. The van der Waals surface area contributed by atoms with E-state index in [1.165, 1.54) is 7.11 Å². The summed E-state index contributed by atoms with van der Waals surface area (Å²) in [7, 11) is 1.38. The number of hydrogen-bond acceptors (Lipinski definition) is 3. The van der Waals surface area contributed by atoms with Gasteiger partial charge in [-0.2, -0.15) is 0 Å². The summed E-state index contributed by atoms with van der Waals surface area (Å²) in [6.45, 7) is 2.69. The molecule has 0 saturated carbocycles. The molecular weight excluding hydrogens is 202 g/mol. The lowest BCUT2D eigenvalue weighted by molar-refractivity contribution is -0.139. The molecule has 0 radical (unpaired) electrons. The van der Waals surface area contributed by atoms with Crippen molar-refractivity contribution >= 4 is 5.97 Å². The van der Waals surface area contributed by atoms with E-state index in [9.17, 15) is 4.79 Å². The van der Waals surface area contributed by atoms with E-state index in [0.29, 0.717) is 6.54 Å². The van der Waals surface area contributed by atoms with Crippen molar-refractivity contribution in [1.29, 1.82) is 0 Å². The minimum absolute atomic E-state index is 0.229. The van der Waals surface area contributed by atoms with Crippen LogP contribution < -0.4 is 5.32 Å². The molecule has 3 heteroatoms. The first kappa shape index (κ1) is 12.3. The molecule has 0 fully saturated rings. The highest BCUT2D eigenvalue weighted by atomic mass is 16.5. The molecule has 0 aliphatic heterocycles. The van der Waals surface area contributed by atoms with E-state index in [1.807, 2.05) is 31.2 Å². The van der Waals surface area contributed by atoms with Crippen LogP contribution in [0.2, 0.25) is 0 Å². The standard InChI is InChI=1S/C13H15NO2/c1-3-4-11-5-7-12(8-6-11)9-14-10-13(15)16-2/h5-8,14H,9-10H2,1-2H3. The fraction of sp³-hybridized carbons (Fsp3) is 0.308. The summed E-state index contributed by atoms with van der Waals surface area (Å²) in [4.78, 5) is 10.8. The average Bonchev–Trinajstić information content (AvgIpc) is 2.31. The third kappa shape index (κ3) is 4.16. The zero-order valence-corrected chi connectivity index (χ0v) is 9.54. The number of nitrogens with one attached hydrogen (secondary N) is 1. The molecule has 84 valence electrons. The van der Waals surface area contributed by atoms with Crippen molar-refractivity contribution in [2.24, 2.45) is 0 Å². The van der Waals surface area contributed by atoms with E-state index >= 15 is 0 Å². The van der Waals surface area contributed by atoms with Gasteiger partial charge in [0.15, 0.2) is 0 Å². The third-order valence-electron chi connectivity index (χ3n) is 2.05. The Hall–Kier alpha value is -1.79. The number of benzene rings is 1. The van der Waals surface area contributed by atoms with Crippen molar-refractivity contribution in [3.63, 3.8) is 0 Å². The quantitative estimate of drug-likeness (QED) is 0.610. The van der Waals surface area contributed by atoms with Crippen LogP contribution in [-0.2, 0) is 16.1 Å². The maximum atomic E-state index is 10.8. The molecule has 1 aromatic rings. The fourth-order valence-corrected chi connectivity index (χ4v) is 1.23. The Morgan fingerprint density at radius 3 is 2.62 bits per heavy atom. The van der Waals surface area contributed by atoms with Crippen LogP contribution >= 0.6 is 0 Å². The van der Waals surface area contributed by atoms with Gasteiger partial charge >= 0.3 is 5.97 Å². The number of ether oxygens (including phenoxy) is 1. The van der Waals surface area contributed by atoms with E-state index in [4.69, 9.17) is 0 Å². The van der Waals surface area contributed by atoms with E-state index in [1.54, 1.807) is 0 Å². The number of esters is 1. The number of carbonyl (C=O) groups excluding carboxylic acids is 1. The lowest BCUT2D eigenvalue weighted by Gasteiger charge is -2.03. The molecule has 1 N–H and O–H groups in total. The molecule has 3 nitrogen and oxygen atoms in total. The zero-order chi connectivity index (χ0) is 11.8. The Morgan fingerprint density at radius 2 is 2.06 bits per heavy atom. The topological polar surface area (TPSA) is 38.3 Å². The molecule has 0 heterocycles. The first-order valence-electron chi connectivity index (χ1n) is 5.05. The number of carbonyl (C=O) groups is 1. The van der Waals surface area contributed by atoms with Crippen molar-refractivity contribution in [2.45, 2.75) is 13.5 Å². The first-order valence-corrected chi connectivity index (χ1v) is 5.05. The lowest BCUT2D eigenvalue weighted by Crippen LogP contribution is -2.23. The molecular formula is C13H15NO2. The largest absolute Gasteiger partial charge is 0.468 e. The van der Waals surface area contributed by atoms with E-state index < -0.39 is 0 Å². The van der Waals surface area contributed by atoms with Gasteiger partial charge in [-0.15, -0.1) is 5.92 Å².